The molecule has 11 heteroatoms. The smallest absolute Gasteiger partial charge is 0.344 e. The summed E-state index contributed by atoms with van der Waals surface area (Å²) in [6.45, 7) is -0.258. The quantitative estimate of drug-likeness (QED) is 0.391. The molecule has 5 aromatic rings. The molecule has 0 aliphatic heterocycles. The first-order valence-corrected chi connectivity index (χ1v) is 11.0. The van der Waals surface area contributed by atoms with Crippen LogP contribution in [0, 0.1) is 0 Å². The molecule has 2 N–H and O–H groups in total. The van der Waals surface area contributed by atoms with E-state index in [2.05, 4.69) is 20.3 Å². The van der Waals surface area contributed by atoms with E-state index in [4.69, 9.17) is 0 Å². The molecule has 3 heterocycles. The Morgan fingerprint density at radius 3 is 2.68 bits per heavy atom. The SMILES string of the molecule is O=C(Cn1cnc2sccc2c1=O)NC(c1ccccc1)c1ccc2nc(C(F)(F)F)[nH]c2c1. The monoisotopic (exact) mass is 483 g/mol. The van der Waals surface area contributed by atoms with Crippen LogP contribution in [-0.2, 0) is 17.5 Å². The molecule has 0 aliphatic rings. The molecule has 34 heavy (non-hydrogen) atoms. The normalized spacial score (nSPS) is 12.8. The predicted octanol–water partition coefficient (Wildman–Crippen LogP) is 4.26. The van der Waals surface area contributed by atoms with Crippen LogP contribution in [0.15, 0.2) is 71.1 Å². The molecule has 7 nitrogen and oxygen atoms in total. The van der Waals surface area contributed by atoms with Crippen molar-refractivity contribution in [3.8, 4) is 0 Å². The number of fused-ring (bicyclic) bond motifs is 2. The summed E-state index contributed by atoms with van der Waals surface area (Å²) < 4.78 is 40.4. The van der Waals surface area contributed by atoms with Crippen molar-refractivity contribution < 1.29 is 18.0 Å². The van der Waals surface area contributed by atoms with Crippen molar-refractivity contribution in [2.75, 3.05) is 0 Å². The fourth-order valence-electron chi connectivity index (χ4n) is 3.71. The van der Waals surface area contributed by atoms with Gasteiger partial charge in [0.05, 0.1) is 28.8 Å². The second-order valence-electron chi connectivity index (χ2n) is 7.59. The first kappa shape index (κ1) is 21.8. The number of halogens is 3. The van der Waals surface area contributed by atoms with E-state index in [0.717, 1.165) is 5.56 Å². The predicted molar refractivity (Wildman–Crippen MR) is 121 cm³/mol. The number of nitrogens with one attached hydrogen (secondary N) is 2. The van der Waals surface area contributed by atoms with E-state index in [1.807, 2.05) is 6.07 Å². The Morgan fingerprint density at radius 1 is 1.12 bits per heavy atom. The topological polar surface area (TPSA) is 92.7 Å². The molecule has 172 valence electrons. The number of hydrogen-bond acceptors (Lipinski definition) is 5. The number of H-pyrrole nitrogens is 1. The number of alkyl halides is 3. The largest absolute Gasteiger partial charge is 0.449 e. The van der Waals surface area contributed by atoms with Crippen LogP contribution >= 0.6 is 11.3 Å². The highest BCUT2D eigenvalue weighted by molar-refractivity contribution is 7.16. The van der Waals surface area contributed by atoms with Crippen LogP contribution in [-0.4, -0.2) is 25.4 Å². The molecule has 0 radical (unpaired) electrons. The summed E-state index contributed by atoms with van der Waals surface area (Å²) >= 11 is 1.33. The second-order valence-corrected chi connectivity index (χ2v) is 8.48. The molecule has 5 rings (SSSR count). The van der Waals surface area contributed by atoms with E-state index in [-0.39, 0.29) is 23.1 Å². The Hall–Kier alpha value is -3.99. The maximum Gasteiger partial charge on any atom is 0.449 e. The van der Waals surface area contributed by atoms with E-state index >= 15 is 0 Å². The molecule has 0 fully saturated rings. The van der Waals surface area contributed by atoms with Crippen LogP contribution in [0.3, 0.4) is 0 Å². The summed E-state index contributed by atoms with van der Waals surface area (Å²) in [6.07, 6.45) is -3.27. The van der Waals surface area contributed by atoms with Crippen molar-refractivity contribution in [3.05, 3.63) is 93.6 Å². The first-order valence-electron chi connectivity index (χ1n) is 10.1. The van der Waals surface area contributed by atoms with Crippen molar-refractivity contribution >= 4 is 38.5 Å². The summed E-state index contributed by atoms with van der Waals surface area (Å²) in [5.41, 5.74) is 1.32. The van der Waals surface area contributed by atoms with E-state index in [1.165, 1.54) is 34.4 Å². The molecule has 0 saturated heterocycles. The minimum atomic E-state index is -4.60. The summed E-state index contributed by atoms with van der Waals surface area (Å²) in [5, 5.41) is 5.08. The van der Waals surface area contributed by atoms with E-state index in [0.29, 0.717) is 15.8 Å². The van der Waals surface area contributed by atoms with Gasteiger partial charge in [-0.05, 0) is 34.7 Å². The Kier molecular flexibility index (Phi) is 5.40. The summed E-state index contributed by atoms with van der Waals surface area (Å²) in [7, 11) is 0. The highest BCUT2D eigenvalue weighted by Crippen LogP contribution is 2.30. The summed E-state index contributed by atoms with van der Waals surface area (Å²) in [6, 6.07) is 14.6. The van der Waals surface area contributed by atoms with Gasteiger partial charge in [0.2, 0.25) is 11.7 Å². The number of amides is 1. The standard InChI is InChI=1S/C23H16F3N5O2S/c24-23(25,26)22-28-16-7-6-14(10-17(16)29-22)19(13-4-2-1-3-5-13)30-18(32)11-31-12-27-20-15(21(31)33)8-9-34-20/h1-10,12,19H,11H2,(H,28,29)(H,30,32). The number of imidazole rings is 1. The molecule has 3 aromatic heterocycles. The number of carbonyl (C=O) groups excluding carboxylic acids is 1. The van der Waals surface area contributed by atoms with Gasteiger partial charge in [0.25, 0.3) is 5.56 Å². The van der Waals surface area contributed by atoms with Gasteiger partial charge in [0.15, 0.2) is 0 Å². The van der Waals surface area contributed by atoms with E-state index in [9.17, 15) is 22.8 Å². The highest BCUT2D eigenvalue weighted by Gasteiger charge is 2.34. The van der Waals surface area contributed by atoms with Crippen LogP contribution in [0.25, 0.3) is 21.3 Å². The molecule has 0 spiro atoms. The number of rotatable bonds is 5. The van der Waals surface area contributed by atoms with Gasteiger partial charge in [0, 0.05) is 0 Å². The Bertz CT molecular complexity index is 1560. The Balaban J connectivity index is 1.47. The maximum absolute atomic E-state index is 13.1. The van der Waals surface area contributed by atoms with Gasteiger partial charge < -0.3 is 10.3 Å². The second kappa shape index (κ2) is 8.41. The van der Waals surface area contributed by atoms with Crippen molar-refractivity contribution in [2.45, 2.75) is 18.8 Å². The fourth-order valence-corrected chi connectivity index (χ4v) is 4.44. The van der Waals surface area contributed by atoms with Gasteiger partial charge in [-0.15, -0.1) is 11.3 Å². The van der Waals surface area contributed by atoms with Gasteiger partial charge in [-0.2, -0.15) is 13.2 Å². The zero-order valence-corrected chi connectivity index (χ0v) is 18.2. The minimum Gasteiger partial charge on any atom is -0.344 e. The van der Waals surface area contributed by atoms with Crippen molar-refractivity contribution in [1.29, 1.82) is 0 Å². The fraction of sp³-hybridized carbons (Fsp3) is 0.130. The number of carbonyl (C=O) groups is 1. The van der Waals surface area contributed by atoms with Crippen molar-refractivity contribution in [3.63, 3.8) is 0 Å². The zero-order valence-electron chi connectivity index (χ0n) is 17.3. The molecule has 1 amide bonds. The molecular formula is C23H16F3N5O2S. The molecule has 0 bridgehead atoms. The van der Waals surface area contributed by atoms with Gasteiger partial charge in [-0.3, -0.25) is 14.2 Å². The third-order valence-electron chi connectivity index (χ3n) is 5.31. The van der Waals surface area contributed by atoms with Crippen molar-refractivity contribution in [1.82, 2.24) is 24.8 Å². The van der Waals surface area contributed by atoms with Gasteiger partial charge >= 0.3 is 6.18 Å². The van der Waals surface area contributed by atoms with Crippen LogP contribution in [0.5, 0.6) is 0 Å². The van der Waals surface area contributed by atoms with Crippen LogP contribution in [0.2, 0.25) is 0 Å². The summed E-state index contributed by atoms with van der Waals surface area (Å²) in [5.74, 6) is -1.54. The van der Waals surface area contributed by atoms with Gasteiger partial charge in [-0.1, -0.05) is 36.4 Å². The van der Waals surface area contributed by atoms with Crippen LogP contribution in [0.4, 0.5) is 13.2 Å². The average Bonchev–Trinajstić information content (AvgIpc) is 3.47. The number of hydrogen-bond donors (Lipinski definition) is 2. The lowest BCUT2D eigenvalue weighted by atomic mass is 9.98. The number of aromatic amines is 1. The number of thiophene rings is 1. The Morgan fingerprint density at radius 2 is 1.91 bits per heavy atom. The van der Waals surface area contributed by atoms with E-state index in [1.54, 1.807) is 41.8 Å². The lowest BCUT2D eigenvalue weighted by molar-refractivity contribution is -0.144. The Labute approximate surface area is 193 Å². The number of benzene rings is 2. The van der Waals surface area contributed by atoms with E-state index < -0.39 is 23.9 Å². The molecule has 1 atom stereocenters. The average molecular weight is 483 g/mol. The third-order valence-corrected chi connectivity index (χ3v) is 6.13. The number of nitrogens with zero attached hydrogens (tertiary/aromatic N) is 3. The number of aromatic nitrogens is 4. The molecule has 0 saturated carbocycles. The lowest BCUT2D eigenvalue weighted by Crippen LogP contribution is -2.35. The molecular weight excluding hydrogens is 467 g/mol. The van der Waals surface area contributed by atoms with Gasteiger partial charge in [-0.25, -0.2) is 9.97 Å². The van der Waals surface area contributed by atoms with Crippen molar-refractivity contribution in [2.24, 2.45) is 0 Å². The highest BCUT2D eigenvalue weighted by atomic mass is 32.1. The van der Waals surface area contributed by atoms with Crippen LogP contribution < -0.4 is 10.9 Å². The zero-order chi connectivity index (χ0) is 23.9. The third kappa shape index (κ3) is 4.17. The molecule has 0 aliphatic carbocycles. The molecule has 2 aromatic carbocycles. The molecule has 1 unspecified atom stereocenters. The van der Waals surface area contributed by atoms with Gasteiger partial charge in [0.1, 0.15) is 11.4 Å². The van der Waals surface area contributed by atoms with Crippen LogP contribution in [0.1, 0.15) is 23.0 Å². The first-order chi connectivity index (χ1) is 16.3. The maximum atomic E-state index is 13.1. The summed E-state index contributed by atoms with van der Waals surface area (Å²) in [4.78, 5) is 36.2. The minimum absolute atomic E-state index is 0.163. The lowest BCUT2D eigenvalue weighted by Gasteiger charge is -2.20.